The highest BCUT2D eigenvalue weighted by Gasteiger charge is 2.20. The molecule has 0 aliphatic carbocycles. The maximum absolute atomic E-state index is 10.4. The highest BCUT2D eigenvalue weighted by molar-refractivity contribution is 5.87. The number of nitriles is 1. The molecule has 0 amide bonds. The Morgan fingerprint density at radius 3 is 2.69 bits per heavy atom. The number of rotatable bonds is 6. The van der Waals surface area contributed by atoms with Gasteiger partial charge in [-0.1, -0.05) is 18.2 Å². The summed E-state index contributed by atoms with van der Waals surface area (Å²) in [6.07, 6.45) is 3.15. The van der Waals surface area contributed by atoms with Crippen LogP contribution in [0.3, 0.4) is 0 Å². The summed E-state index contributed by atoms with van der Waals surface area (Å²) in [7, 11) is 1.91. The number of fused-ring (bicyclic) bond motifs is 1. The van der Waals surface area contributed by atoms with Crippen LogP contribution in [0, 0.1) is 17.2 Å². The van der Waals surface area contributed by atoms with Crippen LogP contribution in [0.4, 0.5) is 0 Å². The van der Waals surface area contributed by atoms with Crippen LogP contribution >= 0.6 is 0 Å². The highest BCUT2D eigenvalue weighted by Crippen LogP contribution is 2.26. The van der Waals surface area contributed by atoms with E-state index >= 15 is 0 Å². The molecule has 2 heterocycles. The van der Waals surface area contributed by atoms with Crippen molar-refractivity contribution in [2.45, 2.75) is 18.9 Å². The lowest BCUT2D eigenvalue weighted by Crippen LogP contribution is -2.40. The normalized spacial score (nSPS) is 16.6. The maximum atomic E-state index is 10.4. The van der Waals surface area contributed by atoms with Crippen molar-refractivity contribution in [3.63, 3.8) is 0 Å². The number of aliphatic hydroxyl groups excluding tert-OH is 1. The Morgan fingerprint density at radius 2 is 1.97 bits per heavy atom. The number of ether oxygens (including phenoxy) is 1. The quantitative estimate of drug-likeness (QED) is 0.700. The van der Waals surface area contributed by atoms with Gasteiger partial charge in [-0.3, -0.25) is 4.68 Å². The van der Waals surface area contributed by atoms with Gasteiger partial charge in [-0.2, -0.15) is 10.4 Å². The summed E-state index contributed by atoms with van der Waals surface area (Å²) in [6.45, 7) is 2.56. The van der Waals surface area contributed by atoms with Crippen molar-refractivity contribution in [2.75, 3.05) is 26.2 Å². The van der Waals surface area contributed by atoms with Gasteiger partial charge in [0.1, 0.15) is 18.5 Å². The van der Waals surface area contributed by atoms with Crippen molar-refractivity contribution in [3.8, 4) is 23.1 Å². The van der Waals surface area contributed by atoms with Gasteiger partial charge in [0.15, 0.2) is 0 Å². The van der Waals surface area contributed by atoms with E-state index in [2.05, 4.69) is 34.3 Å². The summed E-state index contributed by atoms with van der Waals surface area (Å²) in [5.74, 6) is 0.908. The molecule has 1 N–H and O–H groups in total. The molecule has 0 spiro atoms. The number of benzene rings is 2. The third kappa shape index (κ3) is 4.76. The van der Waals surface area contributed by atoms with Crippen LogP contribution in [0.5, 0.6) is 5.75 Å². The molecule has 150 valence electrons. The standard InChI is InChI=1S/C23H26N4O2/c1-26-9-8-23(25-26)19-3-2-18-4-5-22(13-20(18)12-19)29-16-21(28)15-27-10-6-17(14-24)7-11-27/h2-5,8-9,12-13,17,21,28H,6-7,10-11,15-16H2,1H3. The number of aryl methyl sites for hydroxylation is 1. The number of piperidine rings is 1. The molecule has 0 bridgehead atoms. The zero-order valence-electron chi connectivity index (χ0n) is 16.7. The first-order chi connectivity index (χ1) is 14.1. The van der Waals surface area contributed by atoms with Gasteiger partial charge in [0.25, 0.3) is 0 Å². The molecule has 1 unspecified atom stereocenters. The van der Waals surface area contributed by atoms with Crippen molar-refractivity contribution >= 4 is 10.8 Å². The molecule has 1 aliphatic heterocycles. The maximum Gasteiger partial charge on any atom is 0.120 e. The fourth-order valence-corrected chi connectivity index (χ4v) is 3.83. The van der Waals surface area contributed by atoms with E-state index in [4.69, 9.17) is 10.00 Å². The summed E-state index contributed by atoms with van der Waals surface area (Å²) < 4.78 is 7.66. The molecule has 1 aromatic heterocycles. The van der Waals surface area contributed by atoms with Crippen molar-refractivity contribution in [1.82, 2.24) is 14.7 Å². The molecule has 0 radical (unpaired) electrons. The van der Waals surface area contributed by atoms with Crippen LogP contribution in [0.1, 0.15) is 12.8 Å². The van der Waals surface area contributed by atoms with Crippen LogP contribution in [-0.4, -0.2) is 52.1 Å². The summed E-state index contributed by atoms with van der Waals surface area (Å²) >= 11 is 0. The summed E-state index contributed by atoms with van der Waals surface area (Å²) in [5, 5.41) is 26.0. The third-order valence-electron chi connectivity index (χ3n) is 5.50. The van der Waals surface area contributed by atoms with Crippen molar-refractivity contribution in [1.29, 1.82) is 5.26 Å². The van der Waals surface area contributed by atoms with E-state index in [9.17, 15) is 5.11 Å². The third-order valence-corrected chi connectivity index (χ3v) is 5.50. The van der Waals surface area contributed by atoms with E-state index in [1.165, 1.54) is 0 Å². The minimum absolute atomic E-state index is 0.160. The van der Waals surface area contributed by atoms with Gasteiger partial charge in [-0.15, -0.1) is 0 Å². The molecule has 1 saturated heterocycles. The topological polar surface area (TPSA) is 74.3 Å². The number of hydrogen-bond acceptors (Lipinski definition) is 5. The number of likely N-dealkylation sites (tertiary alicyclic amines) is 1. The van der Waals surface area contributed by atoms with Crippen LogP contribution in [0.2, 0.25) is 0 Å². The van der Waals surface area contributed by atoms with E-state index in [-0.39, 0.29) is 12.5 Å². The molecule has 6 nitrogen and oxygen atoms in total. The number of aromatic nitrogens is 2. The number of nitrogens with zero attached hydrogens (tertiary/aromatic N) is 4. The van der Waals surface area contributed by atoms with Gasteiger partial charge in [0.2, 0.25) is 0 Å². The van der Waals surface area contributed by atoms with Gasteiger partial charge < -0.3 is 14.7 Å². The first-order valence-electron chi connectivity index (χ1n) is 10.1. The fraction of sp³-hybridized carbons (Fsp3) is 0.391. The lowest BCUT2D eigenvalue weighted by Gasteiger charge is -2.30. The Hall–Kier alpha value is -2.88. The predicted octanol–water partition coefficient (Wildman–Crippen LogP) is 3.22. The molecule has 1 fully saturated rings. The van der Waals surface area contributed by atoms with E-state index < -0.39 is 6.10 Å². The Kier molecular flexibility index (Phi) is 5.79. The second-order valence-electron chi connectivity index (χ2n) is 7.77. The average molecular weight is 390 g/mol. The van der Waals surface area contributed by atoms with E-state index in [1.54, 1.807) is 4.68 Å². The minimum atomic E-state index is -0.552. The zero-order valence-corrected chi connectivity index (χ0v) is 16.7. The Labute approximate surface area is 170 Å². The molecule has 4 rings (SSSR count). The first kappa shape index (κ1) is 19.4. The average Bonchev–Trinajstić information content (AvgIpc) is 3.18. The fourth-order valence-electron chi connectivity index (χ4n) is 3.83. The first-order valence-corrected chi connectivity index (χ1v) is 10.1. The number of β-amino-alcohol motifs (C(OH)–C–C–N with tert-alkyl or cyclic N) is 1. The zero-order chi connectivity index (χ0) is 20.2. The lowest BCUT2D eigenvalue weighted by atomic mass is 9.98. The predicted molar refractivity (Wildman–Crippen MR) is 112 cm³/mol. The van der Waals surface area contributed by atoms with E-state index in [1.807, 2.05) is 37.5 Å². The molecule has 29 heavy (non-hydrogen) atoms. The van der Waals surface area contributed by atoms with Gasteiger partial charge in [-0.25, -0.2) is 0 Å². The van der Waals surface area contributed by atoms with Crippen LogP contribution < -0.4 is 4.74 Å². The summed E-state index contributed by atoms with van der Waals surface area (Å²) in [5.41, 5.74) is 2.01. The number of aliphatic hydroxyl groups is 1. The molecule has 3 aromatic rings. The second kappa shape index (κ2) is 8.64. The van der Waals surface area contributed by atoms with E-state index in [0.29, 0.717) is 6.54 Å². The summed E-state index contributed by atoms with van der Waals surface area (Å²) in [6, 6.07) is 16.6. The highest BCUT2D eigenvalue weighted by atomic mass is 16.5. The van der Waals surface area contributed by atoms with Gasteiger partial charge in [0, 0.05) is 31.3 Å². The second-order valence-corrected chi connectivity index (χ2v) is 7.77. The van der Waals surface area contributed by atoms with Gasteiger partial charge >= 0.3 is 0 Å². The van der Waals surface area contributed by atoms with Crippen molar-refractivity contribution in [2.24, 2.45) is 13.0 Å². The van der Waals surface area contributed by atoms with Gasteiger partial charge in [-0.05, 0) is 61.0 Å². The van der Waals surface area contributed by atoms with Gasteiger partial charge in [0.05, 0.1) is 11.8 Å². The Bertz CT molecular complexity index is 1020. The largest absolute Gasteiger partial charge is 0.491 e. The SMILES string of the molecule is Cn1ccc(-c2ccc3ccc(OCC(O)CN4CCC(C#N)CC4)cc3c2)n1. The Morgan fingerprint density at radius 1 is 1.17 bits per heavy atom. The number of hydrogen-bond donors (Lipinski definition) is 1. The minimum Gasteiger partial charge on any atom is -0.491 e. The van der Waals surface area contributed by atoms with E-state index in [0.717, 1.165) is 53.7 Å². The van der Waals surface area contributed by atoms with Crippen LogP contribution in [0.25, 0.3) is 22.0 Å². The molecule has 1 atom stereocenters. The van der Waals surface area contributed by atoms with Crippen molar-refractivity contribution < 1.29 is 9.84 Å². The summed E-state index contributed by atoms with van der Waals surface area (Å²) in [4.78, 5) is 2.21. The lowest BCUT2D eigenvalue weighted by molar-refractivity contribution is 0.0583. The van der Waals surface area contributed by atoms with Crippen LogP contribution in [0.15, 0.2) is 48.7 Å². The monoisotopic (exact) mass is 390 g/mol. The molecule has 0 saturated carbocycles. The smallest absolute Gasteiger partial charge is 0.120 e. The van der Waals surface area contributed by atoms with Crippen LogP contribution in [-0.2, 0) is 7.05 Å². The molecular formula is C23H26N4O2. The molecule has 1 aliphatic rings. The molecule has 2 aromatic carbocycles. The Balaban J connectivity index is 1.37. The molecule has 6 heteroatoms. The van der Waals surface area contributed by atoms with Crippen molar-refractivity contribution in [3.05, 3.63) is 48.7 Å². The molecular weight excluding hydrogens is 364 g/mol.